The lowest BCUT2D eigenvalue weighted by Crippen LogP contribution is -2.39. The van der Waals surface area contributed by atoms with E-state index in [4.69, 9.17) is 9.47 Å². The van der Waals surface area contributed by atoms with Crippen molar-refractivity contribution in [3.8, 4) is 5.75 Å². The van der Waals surface area contributed by atoms with E-state index in [0.717, 1.165) is 18.8 Å². The number of hydrogen-bond acceptors (Lipinski definition) is 4. The molecule has 3 rings (SSSR count). The number of carbonyl (C=O) groups is 1. The normalized spacial score (nSPS) is 26.2. The van der Waals surface area contributed by atoms with Crippen molar-refractivity contribution in [2.75, 3.05) is 20.2 Å². The van der Waals surface area contributed by atoms with Gasteiger partial charge in [0.15, 0.2) is 0 Å². The first-order valence-electron chi connectivity index (χ1n) is 9.08. The van der Waals surface area contributed by atoms with Crippen molar-refractivity contribution >= 4 is 6.09 Å². The highest BCUT2D eigenvalue weighted by atomic mass is 16.6. The van der Waals surface area contributed by atoms with Crippen LogP contribution >= 0.6 is 0 Å². The van der Waals surface area contributed by atoms with E-state index in [1.165, 1.54) is 11.1 Å². The summed E-state index contributed by atoms with van der Waals surface area (Å²) in [5, 5.41) is 3.72. The van der Waals surface area contributed by atoms with Crippen LogP contribution in [0.3, 0.4) is 0 Å². The van der Waals surface area contributed by atoms with Crippen molar-refractivity contribution in [2.45, 2.75) is 52.3 Å². The summed E-state index contributed by atoms with van der Waals surface area (Å²) in [6.45, 7) is 11.5. The Labute approximate surface area is 150 Å². The molecule has 25 heavy (non-hydrogen) atoms. The Hall–Kier alpha value is -1.75. The van der Waals surface area contributed by atoms with Crippen LogP contribution in [0.2, 0.25) is 0 Å². The van der Waals surface area contributed by atoms with Gasteiger partial charge in [-0.05, 0) is 58.1 Å². The first-order chi connectivity index (χ1) is 11.7. The minimum absolute atomic E-state index is 0.188. The van der Waals surface area contributed by atoms with Gasteiger partial charge in [0.2, 0.25) is 0 Å². The molecule has 5 nitrogen and oxygen atoms in total. The highest BCUT2D eigenvalue weighted by Gasteiger charge is 2.57. The lowest BCUT2D eigenvalue weighted by Gasteiger charge is -2.26. The summed E-state index contributed by atoms with van der Waals surface area (Å²) in [7, 11) is 1.72. The first kappa shape index (κ1) is 18.1. The Morgan fingerprint density at radius 2 is 1.92 bits per heavy atom. The summed E-state index contributed by atoms with van der Waals surface area (Å²) in [5.41, 5.74) is 1.95. The Morgan fingerprint density at radius 1 is 1.28 bits per heavy atom. The van der Waals surface area contributed by atoms with E-state index in [0.29, 0.717) is 17.9 Å². The largest absolute Gasteiger partial charge is 0.496 e. The molecule has 5 heteroatoms. The van der Waals surface area contributed by atoms with E-state index in [1.54, 1.807) is 7.11 Å². The van der Waals surface area contributed by atoms with Crippen molar-refractivity contribution in [3.63, 3.8) is 0 Å². The zero-order valence-electron chi connectivity index (χ0n) is 16.1. The molecule has 3 atom stereocenters. The molecule has 2 fully saturated rings. The topological polar surface area (TPSA) is 50.8 Å². The monoisotopic (exact) mass is 346 g/mol. The third kappa shape index (κ3) is 3.92. The van der Waals surface area contributed by atoms with Crippen LogP contribution in [0.15, 0.2) is 18.2 Å². The SMILES string of the molecule is COc1cc(C)ccc1C(C)NC1C2CN(C(=O)OC(C)(C)C)CC21. The van der Waals surface area contributed by atoms with Gasteiger partial charge in [0.1, 0.15) is 11.4 Å². The van der Waals surface area contributed by atoms with Gasteiger partial charge in [-0.2, -0.15) is 0 Å². The van der Waals surface area contributed by atoms with Crippen molar-refractivity contribution in [1.82, 2.24) is 10.2 Å². The van der Waals surface area contributed by atoms with Crippen LogP contribution in [0, 0.1) is 18.8 Å². The second kappa shape index (κ2) is 6.52. The molecule has 1 aliphatic carbocycles. The summed E-state index contributed by atoms with van der Waals surface area (Å²) in [6, 6.07) is 7.03. The molecule has 0 spiro atoms. The highest BCUT2D eigenvalue weighted by molar-refractivity contribution is 5.69. The molecule has 1 saturated carbocycles. The van der Waals surface area contributed by atoms with Crippen molar-refractivity contribution < 1.29 is 14.3 Å². The van der Waals surface area contributed by atoms with E-state index in [2.05, 4.69) is 37.4 Å². The third-order valence-corrected chi connectivity index (χ3v) is 5.14. The second-order valence-electron chi connectivity index (χ2n) is 8.37. The molecule has 0 bridgehead atoms. The number of carbonyl (C=O) groups excluding carboxylic acids is 1. The minimum atomic E-state index is -0.433. The lowest BCUT2D eigenvalue weighted by atomic mass is 10.0. The molecule has 1 aromatic rings. The highest BCUT2D eigenvalue weighted by Crippen LogP contribution is 2.47. The summed E-state index contributed by atoms with van der Waals surface area (Å²) in [4.78, 5) is 14.0. The lowest BCUT2D eigenvalue weighted by molar-refractivity contribution is 0.0269. The van der Waals surface area contributed by atoms with Crippen molar-refractivity contribution in [3.05, 3.63) is 29.3 Å². The fraction of sp³-hybridized carbons (Fsp3) is 0.650. The molecule has 0 radical (unpaired) electrons. The average Bonchev–Trinajstić information content (AvgIpc) is 2.95. The number of hydrogen-bond donors (Lipinski definition) is 1. The van der Waals surface area contributed by atoms with Gasteiger partial charge >= 0.3 is 6.09 Å². The predicted octanol–water partition coefficient (Wildman–Crippen LogP) is 3.52. The molecular formula is C20H30N2O3. The summed E-state index contributed by atoms with van der Waals surface area (Å²) >= 11 is 0. The number of ether oxygens (including phenoxy) is 2. The number of methoxy groups -OCH3 is 1. The molecule has 1 aromatic carbocycles. The fourth-order valence-electron chi connectivity index (χ4n) is 3.80. The van der Waals surface area contributed by atoms with E-state index in [-0.39, 0.29) is 12.1 Å². The summed E-state index contributed by atoms with van der Waals surface area (Å²) in [5.74, 6) is 2.00. The zero-order valence-corrected chi connectivity index (χ0v) is 16.1. The van der Waals surface area contributed by atoms with Crippen LogP contribution in [-0.2, 0) is 4.74 Å². The summed E-state index contributed by atoms with van der Waals surface area (Å²) in [6.07, 6.45) is -0.188. The van der Waals surface area contributed by atoms with Crippen LogP contribution in [-0.4, -0.2) is 42.8 Å². The molecule has 1 heterocycles. The predicted molar refractivity (Wildman–Crippen MR) is 97.9 cm³/mol. The Bertz CT molecular complexity index is 641. The van der Waals surface area contributed by atoms with Crippen LogP contribution in [0.25, 0.3) is 0 Å². The number of amides is 1. The first-order valence-corrected chi connectivity index (χ1v) is 9.08. The van der Waals surface area contributed by atoms with E-state index in [1.807, 2.05) is 25.7 Å². The second-order valence-corrected chi connectivity index (χ2v) is 8.37. The van der Waals surface area contributed by atoms with Crippen molar-refractivity contribution in [2.24, 2.45) is 11.8 Å². The maximum absolute atomic E-state index is 12.2. The van der Waals surface area contributed by atoms with Crippen LogP contribution in [0.4, 0.5) is 4.79 Å². The molecule has 1 N–H and O–H groups in total. The molecule has 1 amide bonds. The summed E-state index contributed by atoms with van der Waals surface area (Å²) < 4.78 is 11.0. The molecule has 138 valence electrons. The van der Waals surface area contributed by atoms with Gasteiger partial charge in [-0.25, -0.2) is 4.79 Å². The maximum atomic E-state index is 12.2. The van der Waals surface area contributed by atoms with Gasteiger partial charge < -0.3 is 19.7 Å². The molecule has 0 aromatic heterocycles. The number of rotatable bonds is 4. The molecule has 1 aliphatic heterocycles. The number of benzene rings is 1. The van der Waals surface area contributed by atoms with E-state index in [9.17, 15) is 4.79 Å². The quantitative estimate of drug-likeness (QED) is 0.906. The van der Waals surface area contributed by atoms with Gasteiger partial charge in [-0.15, -0.1) is 0 Å². The molecule has 2 aliphatic rings. The van der Waals surface area contributed by atoms with Crippen LogP contribution in [0.5, 0.6) is 5.75 Å². The number of piperidine rings is 1. The number of nitrogens with one attached hydrogen (secondary N) is 1. The van der Waals surface area contributed by atoms with Crippen molar-refractivity contribution in [1.29, 1.82) is 0 Å². The molecule has 3 unspecified atom stereocenters. The number of aryl methyl sites for hydroxylation is 1. The number of likely N-dealkylation sites (tertiary alicyclic amines) is 1. The van der Waals surface area contributed by atoms with E-state index >= 15 is 0 Å². The van der Waals surface area contributed by atoms with Gasteiger partial charge in [-0.1, -0.05) is 12.1 Å². The van der Waals surface area contributed by atoms with Gasteiger partial charge in [0.25, 0.3) is 0 Å². The fourth-order valence-corrected chi connectivity index (χ4v) is 3.80. The smallest absolute Gasteiger partial charge is 0.410 e. The molecular weight excluding hydrogens is 316 g/mol. The average molecular weight is 346 g/mol. The minimum Gasteiger partial charge on any atom is -0.496 e. The third-order valence-electron chi connectivity index (χ3n) is 5.14. The maximum Gasteiger partial charge on any atom is 0.410 e. The Morgan fingerprint density at radius 3 is 2.48 bits per heavy atom. The standard InChI is InChI=1S/C20H30N2O3/c1-12-7-8-14(17(9-12)24-6)13(2)21-18-15-10-22(11-16(15)18)19(23)25-20(3,4)5/h7-9,13,15-16,18,21H,10-11H2,1-6H3. The van der Waals surface area contributed by atoms with Gasteiger partial charge in [0, 0.05) is 30.7 Å². The van der Waals surface area contributed by atoms with Crippen LogP contribution < -0.4 is 10.1 Å². The Kier molecular flexibility index (Phi) is 4.71. The van der Waals surface area contributed by atoms with E-state index < -0.39 is 5.60 Å². The van der Waals surface area contributed by atoms with Gasteiger partial charge in [0.05, 0.1) is 7.11 Å². The van der Waals surface area contributed by atoms with Gasteiger partial charge in [-0.3, -0.25) is 0 Å². The number of nitrogens with zero attached hydrogens (tertiary/aromatic N) is 1. The Balaban J connectivity index is 1.54. The van der Waals surface area contributed by atoms with Crippen LogP contribution in [0.1, 0.15) is 44.9 Å². The zero-order chi connectivity index (χ0) is 18.4. The number of fused-ring (bicyclic) bond motifs is 1. The molecule has 1 saturated heterocycles.